The second-order valence-electron chi connectivity index (χ2n) is 6.47. The van der Waals surface area contributed by atoms with E-state index in [9.17, 15) is 19.7 Å². The van der Waals surface area contributed by atoms with E-state index in [1.165, 1.54) is 28.0 Å². The van der Waals surface area contributed by atoms with Gasteiger partial charge in [0, 0.05) is 28.6 Å². The van der Waals surface area contributed by atoms with Crippen molar-refractivity contribution < 1.29 is 19.2 Å². The Hall–Kier alpha value is -4.05. The topological polar surface area (TPSA) is 120 Å². The summed E-state index contributed by atoms with van der Waals surface area (Å²) in [5.74, 6) is -1.18. The molecule has 0 aliphatic carbocycles. The number of rotatable bonds is 5. The fourth-order valence-corrected chi connectivity index (χ4v) is 4.26. The summed E-state index contributed by atoms with van der Waals surface area (Å²) in [7, 11) is 0. The Labute approximate surface area is 179 Å². The average molecular weight is 436 g/mol. The molecule has 2 aromatic heterocycles. The number of carbonyl (C=O) groups excluding carboxylic acids is 2. The van der Waals surface area contributed by atoms with Crippen LogP contribution in [0.3, 0.4) is 0 Å². The van der Waals surface area contributed by atoms with Crippen molar-refractivity contribution in [1.82, 2.24) is 9.20 Å². The van der Waals surface area contributed by atoms with Gasteiger partial charge in [0.15, 0.2) is 5.49 Å². The third-order valence-corrected chi connectivity index (χ3v) is 5.57. The minimum atomic E-state index is -0.693. The molecule has 2 aromatic carbocycles. The first-order valence-electron chi connectivity index (χ1n) is 9.25. The molecule has 156 valence electrons. The van der Waals surface area contributed by atoms with Crippen LogP contribution in [0.2, 0.25) is 0 Å². The maximum atomic E-state index is 13.3. The van der Waals surface area contributed by atoms with E-state index in [0.29, 0.717) is 21.7 Å². The molecule has 0 saturated heterocycles. The summed E-state index contributed by atoms with van der Waals surface area (Å²) in [6, 6.07) is 14.3. The van der Waals surface area contributed by atoms with Crippen molar-refractivity contribution in [3.05, 3.63) is 86.7 Å². The number of aromatic nitrogens is 2. The van der Waals surface area contributed by atoms with Crippen molar-refractivity contribution in [2.75, 3.05) is 6.61 Å². The molecule has 0 unspecified atom stereocenters. The Morgan fingerprint density at radius 2 is 1.81 bits per heavy atom. The molecular formula is C21H16N4O5S. The van der Waals surface area contributed by atoms with Crippen LogP contribution < -0.4 is 5.49 Å². The number of esters is 1. The monoisotopic (exact) mass is 436 g/mol. The number of ether oxygens (including phenoxy) is 1. The van der Waals surface area contributed by atoms with Crippen LogP contribution in [0, 0.1) is 15.5 Å². The van der Waals surface area contributed by atoms with Gasteiger partial charge in [-0.3, -0.25) is 20.3 Å². The van der Waals surface area contributed by atoms with Gasteiger partial charge in [0.25, 0.3) is 11.6 Å². The van der Waals surface area contributed by atoms with Crippen LogP contribution in [0.1, 0.15) is 27.6 Å². The third-order valence-electron chi connectivity index (χ3n) is 4.63. The number of hydrogen-bond acceptors (Lipinski definition) is 7. The van der Waals surface area contributed by atoms with E-state index in [1.807, 2.05) is 0 Å². The number of fused-ring (bicyclic) bond motifs is 1. The Bertz CT molecular complexity index is 1370. The van der Waals surface area contributed by atoms with Gasteiger partial charge in [-0.15, -0.1) is 11.3 Å². The van der Waals surface area contributed by atoms with Gasteiger partial charge in [-0.2, -0.15) is 4.68 Å². The zero-order valence-electron chi connectivity index (χ0n) is 16.3. The number of hydrogen-bond donors (Lipinski definition) is 1. The molecule has 0 aliphatic heterocycles. The molecule has 31 heavy (non-hydrogen) atoms. The van der Waals surface area contributed by atoms with Crippen molar-refractivity contribution in [1.29, 1.82) is 5.41 Å². The minimum absolute atomic E-state index is 0.00991. The second kappa shape index (κ2) is 8.00. The van der Waals surface area contributed by atoms with Crippen LogP contribution in [-0.4, -0.2) is 32.6 Å². The van der Waals surface area contributed by atoms with Crippen LogP contribution in [0.15, 0.2) is 60.0 Å². The Morgan fingerprint density at radius 1 is 1.13 bits per heavy atom. The molecule has 0 saturated carbocycles. The zero-order valence-corrected chi connectivity index (χ0v) is 17.1. The Morgan fingerprint density at radius 3 is 2.42 bits per heavy atom. The SMILES string of the molecule is CCOC(=O)c1c(=N)n(C(=O)c2ccccc2)n2c(-c3ccc([N+](=O)[O-])cc3)csc12. The molecule has 4 aromatic rings. The normalized spacial score (nSPS) is 10.9. The number of non-ortho nitro benzene ring substituents is 1. The predicted octanol–water partition coefficient (Wildman–Crippen LogP) is 3.72. The van der Waals surface area contributed by atoms with E-state index >= 15 is 0 Å². The number of thiazole rings is 1. The molecular weight excluding hydrogens is 420 g/mol. The summed E-state index contributed by atoms with van der Waals surface area (Å²) in [4.78, 5) is 36.7. The molecule has 2 heterocycles. The van der Waals surface area contributed by atoms with Gasteiger partial charge in [-0.25, -0.2) is 9.31 Å². The summed E-state index contributed by atoms with van der Waals surface area (Å²) in [5, 5.41) is 21.3. The van der Waals surface area contributed by atoms with Crippen molar-refractivity contribution in [3.8, 4) is 11.3 Å². The molecule has 0 fully saturated rings. The van der Waals surface area contributed by atoms with E-state index in [4.69, 9.17) is 10.1 Å². The van der Waals surface area contributed by atoms with Gasteiger partial charge < -0.3 is 4.74 Å². The zero-order chi connectivity index (χ0) is 22.1. The van der Waals surface area contributed by atoms with Crippen LogP contribution >= 0.6 is 11.3 Å². The van der Waals surface area contributed by atoms with Gasteiger partial charge in [0.05, 0.1) is 17.2 Å². The lowest BCUT2D eigenvalue weighted by Crippen LogP contribution is -2.30. The molecule has 4 rings (SSSR count). The lowest BCUT2D eigenvalue weighted by molar-refractivity contribution is -0.384. The fraction of sp³-hybridized carbons (Fsp3) is 0.0952. The van der Waals surface area contributed by atoms with E-state index in [-0.39, 0.29) is 23.3 Å². The number of carbonyl (C=O) groups is 2. The third kappa shape index (κ3) is 3.42. The van der Waals surface area contributed by atoms with E-state index in [0.717, 1.165) is 4.68 Å². The van der Waals surface area contributed by atoms with E-state index < -0.39 is 16.8 Å². The summed E-state index contributed by atoms with van der Waals surface area (Å²) >= 11 is 1.18. The minimum Gasteiger partial charge on any atom is -0.462 e. The highest BCUT2D eigenvalue weighted by Gasteiger charge is 2.27. The lowest BCUT2D eigenvalue weighted by atomic mass is 10.1. The molecule has 0 bridgehead atoms. The standard InChI is InChI=1S/C21H16N4O5S/c1-2-30-21(27)17-18(22)24(19(26)14-6-4-3-5-7-14)23-16(12-31-20(17)23)13-8-10-15(11-9-13)25(28)29/h3-12,22H,2H2,1H3. The lowest BCUT2D eigenvalue weighted by Gasteiger charge is -2.08. The van der Waals surface area contributed by atoms with Crippen LogP contribution in [0.5, 0.6) is 0 Å². The fourth-order valence-electron chi connectivity index (χ4n) is 3.22. The first-order chi connectivity index (χ1) is 14.9. The molecule has 0 aliphatic rings. The van der Waals surface area contributed by atoms with Crippen LogP contribution in [0.4, 0.5) is 5.69 Å². The molecule has 0 amide bonds. The smallest absolute Gasteiger partial charge is 0.345 e. The van der Waals surface area contributed by atoms with Gasteiger partial charge in [0.1, 0.15) is 10.4 Å². The Kier molecular flexibility index (Phi) is 5.22. The predicted molar refractivity (Wildman–Crippen MR) is 113 cm³/mol. The summed E-state index contributed by atoms with van der Waals surface area (Å²) in [5.41, 5.74) is 1.09. The molecule has 1 N–H and O–H groups in total. The van der Waals surface area contributed by atoms with Gasteiger partial charge >= 0.3 is 5.97 Å². The van der Waals surface area contributed by atoms with Crippen molar-refractivity contribution in [3.63, 3.8) is 0 Å². The summed E-state index contributed by atoms with van der Waals surface area (Å²) < 4.78 is 7.70. The number of benzene rings is 2. The van der Waals surface area contributed by atoms with Crippen molar-refractivity contribution >= 4 is 33.7 Å². The summed E-state index contributed by atoms with van der Waals surface area (Å²) in [6.07, 6.45) is 0. The average Bonchev–Trinajstić information content (AvgIpc) is 3.31. The van der Waals surface area contributed by atoms with Gasteiger partial charge in [0.2, 0.25) is 0 Å². The highest BCUT2D eigenvalue weighted by molar-refractivity contribution is 7.16. The van der Waals surface area contributed by atoms with Gasteiger partial charge in [-0.1, -0.05) is 18.2 Å². The van der Waals surface area contributed by atoms with Crippen molar-refractivity contribution in [2.45, 2.75) is 6.92 Å². The van der Waals surface area contributed by atoms with Crippen LogP contribution in [-0.2, 0) is 4.74 Å². The van der Waals surface area contributed by atoms with Gasteiger partial charge in [-0.05, 0) is 31.2 Å². The molecule has 9 nitrogen and oxygen atoms in total. The van der Waals surface area contributed by atoms with E-state index in [2.05, 4.69) is 0 Å². The largest absolute Gasteiger partial charge is 0.462 e. The number of nitro benzene ring substituents is 1. The van der Waals surface area contributed by atoms with E-state index in [1.54, 1.807) is 54.8 Å². The van der Waals surface area contributed by atoms with Crippen LogP contribution in [0.25, 0.3) is 16.1 Å². The molecule has 0 atom stereocenters. The quantitative estimate of drug-likeness (QED) is 0.290. The molecule has 0 radical (unpaired) electrons. The second-order valence-corrected chi connectivity index (χ2v) is 7.33. The number of nitrogens with one attached hydrogen (secondary N) is 1. The highest BCUT2D eigenvalue weighted by Crippen LogP contribution is 2.29. The van der Waals surface area contributed by atoms with Crippen molar-refractivity contribution in [2.24, 2.45) is 0 Å². The molecule has 0 spiro atoms. The Balaban J connectivity index is 1.98. The molecule has 10 heteroatoms. The first-order valence-corrected chi connectivity index (χ1v) is 10.1. The summed E-state index contributed by atoms with van der Waals surface area (Å²) in [6.45, 7) is 1.79. The first kappa shape index (κ1) is 20.2. The maximum absolute atomic E-state index is 13.3. The number of nitro groups is 1. The number of nitrogens with zero attached hydrogens (tertiary/aromatic N) is 3. The maximum Gasteiger partial charge on any atom is 0.345 e. The highest BCUT2D eigenvalue weighted by atomic mass is 32.1.